The van der Waals surface area contributed by atoms with E-state index >= 15 is 0 Å². The number of halogens is 7. The molecule has 0 aliphatic rings. The van der Waals surface area contributed by atoms with Gasteiger partial charge in [0.25, 0.3) is 0 Å². The van der Waals surface area contributed by atoms with Crippen molar-refractivity contribution in [2.75, 3.05) is 0 Å². The van der Waals surface area contributed by atoms with Crippen molar-refractivity contribution >= 4 is 11.6 Å². The van der Waals surface area contributed by atoms with E-state index in [1.54, 1.807) is 48.5 Å². The molecule has 1 unspecified atom stereocenters. The summed E-state index contributed by atoms with van der Waals surface area (Å²) in [7, 11) is 0. The van der Waals surface area contributed by atoms with Gasteiger partial charge in [0.15, 0.2) is 0 Å². The predicted octanol–water partition coefficient (Wildman–Crippen LogP) is 8.70. The van der Waals surface area contributed by atoms with E-state index in [2.05, 4.69) is 4.74 Å². The van der Waals surface area contributed by atoms with Crippen LogP contribution in [0.15, 0.2) is 72.8 Å². The molecule has 0 aliphatic heterocycles. The summed E-state index contributed by atoms with van der Waals surface area (Å²) in [5.74, 6) is -1.25. The zero-order valence-electron chi connectivity index (χ0n) is 17.1. The minimum Gasteiger partial charge on any atom is -0.457 e. The van der Waals surface area contributed by atoms with Gasteiger partial charge in [0, 0.05) is 5.02 Å². The Balaban J connectivity index is 1.62. The maximum absolute atomic E-state index is 13.6. The zero-order chi connectivity index (χ0) is 24.1. The molecule has 2 nitrogen and oxygen atoms in total. The van der Waals surface area contributed by atoms with Crippen molar-refractivity contribution in [3.8, 4) is 17.2 Å². The SMILES string of the molecule is FC(F)(F)Oc1ccc(C(CCCc2cccc(Oc3ccc(Cl)cc3)c2)C(F)(F)F)cc1. The second kappa shape index (κ2) is 10.4. The molecule has 3 aromatic rings. The minimum atomic E-state index is -4.91. The summed E-state index contributed by atoms with van der Waals surface area (Å²) in [5, 5.41) is 0.567. The Kier molecular flexibility index (Phi) is 7.79. The molecule has 1 atom stereocenters. The lowest BCUT2D eigenvalue weighted by atomic mass is 9.92. The number of hydrogen-bond donors (Lipinski definition) is 0. The lowest BCUT2D eigenvalue weighted by Gasteiger charge is -2.21. The van der Waals surface area contributed by atoms with Crippen LogP contribution in [0, 0.1) is 0 Å². The van der Waals surface area contributed by atoms with E-state index in [9.17, 15) is 26.3 Å². The fourth-order valence-electron chi connectivity index (χ4n) is 3.33. The average molecular weight is 489 g/mol. The molecule has 0 spiro atoms. The van der Waals surface area contributed by atoms with E-state index < -0.39 is 24.2 Å². The average Bonchev–Trinajstić information content (AvgIpc) is 2.72. The highest BCUT2D eigenvalue weighted by atomic mass is 35.5. The van der Waals surface area contributed by atoms with Gasteiger partial charge in [-0.15, -0.1) is 13.2 Å². The third-order valence-corrected chi connectivity index (χ3v) is 5.07. The lowest BCUT2D eigenvalue weighted by Crippen LogP contribution is -2.21. The fraction of sp³-hybridized carbons (Fsp3) is 0.250. The first kappa shape index (κ1) is 24.8. The summed E-state index contributed by atoms with van der Waals surface area (Å²) in [6, 6.07) is 17.6. The van der Waals surface area contributed by atoms with Crippen LogP contribution in [0.4, 0.5) is 26.3 Å². The van der Waals surface area contributed by atoms with Gasteiger partial charge in [-0.05, 0) is 78.9 Å². The summed E-state index contributed by atoms with van der Waals surface area (Å²) in [6.07, 6.45) is -9.07. The molecule has 0 aromatic heterocycles. The molecule has 0 radical (unpaired) electrons. The molecule has 0 fully saturated rings. The van der Waals surface area contributed by atoms with E-state index in [-0.39, 0.29) is 18.4 Å². The van der Waals surface area contributed by atoms with E-state index in [0.29, 0.717) is 22.9 Å². The molecule has 0 heterocycles. The van der Waals surface area contributed by atoms with Crippen LogP contribution in [-0.4, -0.2) is 12.5 Å². The number of alkyl halides is 6. The van der Waals surface area contributed by atoms with E-state index in [1.165, 1.54) is 0 Å². The normalized spacial score (nSPS) is 12.9. The highest BCUT2D eigenvalue weighted by Crippen LogP contribution is 2.39. The highest BCUT2D eigenvalue weighted by molar-refractivity contribution is 6.30. The molecule has 9 heteroatoms. The standard InChI is InChI=1S/C24H19ClF6O2/c25-18-9-13-19(14-10-18)32-21-5-1-3-16(15-21)4-2-6-22(23(26,27)28)17-7-11-20(12-8-17)33-24(29,30)31/h1,3,5,7-15,22H,2,4,6H2. The molecule has 0 amide bonds. The van der Waals surface area contributed by atoms with Crippen molar-refractivity contribution in [3.63, 3.8) is 0 Å². The van der Waals surface area contributed by atoms with Crippen LogP contribution < -0.4 is 9.47 Å². The van der Waals surface area contributed by atoms with Crippen molar-refractivity contribution in [3.05, 3.63) is 88.9 Å². The van der Waals surface area contributed by atoms with Crippen molar-refractivity contribution in [1.82, 2.24) is 0 Å². The van der Waals surface area contributed by atoms with Crippen LogP contribution in [0.25, 0.3) is 0 Å². The Morgan fingerprint density at radius 3 is 2.00 bits per heavy atom. The van der Waals surface area contributed by atoms with Crippen molar-refractivity contribution < 1.29 is 35.8 Å². The Bertz CT molecular complexity index is 1030. The summed E-state index contributed by atoms with van der Waals surface area (Å²) >= 11 is 5.85. The summed E-state index contributed by atoms with van der Waals surface area (Å²) in [4.78, 5) is 0. The van der Waals surface area contributed by atoms with Crippen LogP contribution in [0.1, 0.15) is 29.9 Å². The first-order valence-corrected chi connectivity index (χ1v) is 10.3. The number of rotatable bonds is 8. The van der Waals surface area contributed by atoms with Gasteiger partial charge in [-0.1, -0.05) is 35.9 Å². The summed E-state index contributed by atoms with van der Waals surface area (Å²) in [5.41, 5.74) is 0.688. The largest absolute Gasteiger partial charge is 0.573 e. The molecule has 0 saturated carbocycles. The molecule has 0 N–H and O–H groups in total. The first-order valence-electron chi connectivity index (χ1n) is 9.94. The molecule has 3 rings (SSSR count). The highest BCUT2D eigenvalue weighted by Gasteiger charge is 2.40. The third kappa shape index (κ3) is 7.89. The van der Waals surface area contributed by atoms with E-state index in [4.69, 9.17) is 16.3 Å². The Hall–Kier alpha value is -2.87. The van der Waals surface area contributed by atoms with Gasteiger partial charge in [0.2, 0.25) is 0 Å². The van der Waals surface area contributed by atoms with Gasteiger partial charge in [-0.3, -0.25) is 0 Å². The first-order chi connectivity index (χ1) is 15.5. The second-order valence-corrected chi connectivity index (χ2v) is 7.74. The quantitative estimate of drug-likeness (QED) is 0.295. The van der Waals surface area contributed by atoms with Gasteiger partial charge in [0.05, 0.1) is 5.92 Å². The van der Waals surface area contributed by atoms with Crippen molar-refractivity contribution in [2.45, 2.75) is 37.7 Å². The number of hydrogen-bond acceptors (Lipinski definition) is 2. The zero-order valence-corrected chi connectivity index (χ0v) is 17.8. The number of aryl methyl sites for hydroxylation is 1. The minimum absolute atomic E-state index is 0.114. The maximum Gasteiger partial charge on any atom is 0.573 e. The molecule has 0 bridgehead atoms. The Labute approximate surface area is 191 Å². The molecule has 0 aliphatic carbocycles. The Morgan fingerprint density at radius 2 is 1.39 bits per heavy atom. The van der Waals surface area contributed by atoms with Crippen LogP contribution in [-0.2, 0) is 6.42 Å². The number of ether oxygens (including phenoxy) is 2. The fourth-order valence-corrected chi connectivity index (χ4v) is 3.46. The topological polar surface area (TPSA) is 18.5 Å². The number of benzene rings is 3. The monoisotopic (exact) mass is 488 g/mol. The van der Waals surface area contributed by atoms with Gasteiger partial charge in [-0.25, -0.2) is 0 Å². The van der Waals surface area contributed by atoms with Gasteiger partial charge < -0.3 is 9.47 Å². The molecule has 0 saturated heterocycles. The molecular weight excluding hydrogens is 470 g/mol. The molecular formula is C24H19ClF6O2. The summed E-state index contributed by atoms with van der Waals surface area (Å²) < 4.78 is 87.1. The predicted molar refractivity (Wildman–Crippen MR) is 113 cm³/mol. The van der Waals surface area contributed by atoms with E-state index in [1.807, 2.05) is 0 Å². The molecule has 3 aromatic carbocycles. The Morgan fingerprint density at radius 1 is 0.758 bits per heavy atom. The maximum atomic E-state index is 13.6. The molecule has 176 valence electrons. The summed E-state index contributed by atoms with van der Waals surface area (Å²) in [6.45, 7) is 0. The second-order valence-electron chi connectivity index (χ2n) is 7.31. The van der Waals surface area contributed by atoms with Crippen molar-refractivity contribution in [1.29, 1.82) is 0 Å². The van der Waals surface area contributed by atoms with Crippen LogP contribution >= 0.6 is 11.6 Å². The third-order valence-electron chi connectivity index (χ3n) is 4.82. The van der Waals surface area contributed by atoms with Crippen LogP contribution in [0.5, 0.6) is 17.2 Å². The molecule has 33 heavy (non-hydrogen) atoms. The van der Waals surface area contributed by atoms with Gasteiger partial charge >= 0.3 is 12.5 Å². The van der Waals surface area contributed by atoms with E-state index in [0.717, 1.165) is 29.8 Å². The van der Waals surface area contributed by atoms with Gasteiger partial charge in [0.1, 0.15) is 17.2 Å². The smallest absolute Gasteiger partial charge is 0.457 e. The van der Waals surface area contributed by atoms with Gasteiger partial charge in [-0.2, -0.15) is 13.2 Å². The van der Waals surface area contributed by atoms with Crippen molar-refractivity contribution in [2.24, 2.45) is 0 Å². The van der Waals surface area contributed by atoms with Crippen LogP contribution in [0.2, 0.25) is 5.02 Å². The lowest BCUT2D eigenvalue weighted by molar-refractivity contribution is -0.274. The van der Waals surface area contributed by atoms with Crippen LogP contribution in [0.3, 0.4) is 0 Å².